The van der Waals surface area contributed by atoms with E-state index in [1.165, 1.54) is 0 Å². The second-order valence-corrected chi connectivity index (χ2v) is 7.28. The molecule has 2 heterocycles. The summed E-state index contributed by atoms with van der Waals surface area (Å²) in [6, 6.07) is 12.9. The third-order valence-electron chi connectivity index (χ3n) is 5.14. The van der Waals surface area contributed by atoms with Crippen LogP contribution in [0.1, 0.15) is 12.2 Å². The van der Waals surface area contributed by atoms with Crippen LogP contribution in [0.15, 0.2) is 42.5 Å². The van der Waals surface area contributed by atoms with Gasteiger partial charge in [-0.25, -0.2) is 4.98 Å². The molecule has 8 nitrogen and oxygen atoms in total. The number of likely N-dealkylation sites (tertiary alicyclic amines) is 1. The summed E-state index contributed by atoms with van der Waals surface area (Å²) in [7, 11) is 1.58. The van der Waals surface area contributed by atoms with Gasteiger partial charge in [-0.05, 0) is 37.3 Å². The van der Waals surface area contributed by atoms with Gasteiger partial charge in [0, 0.05) is 18.7 Å². The maximum atomic E-state index is 12.7. The zero-order valence-corrected chi connectivity index (χ0v) is 17.0. The highest BCUT2D eigenvalue weighted by atomic mass is 16.5. The Bertz CT molecular complexity index is 1080. The van der Waals surface area contributed by atoms with Crippen LogP contribution in [-0.4, -0.2) is 53.5 Å². The molecule has 0 bridgehead atoms. The summed E-state index contributed by atoms with van der Waals surface area (Å²) in [5.74, 6) is 1.51. The maximum absolute atomic E-state index is 12.7. The summed E-state index contributed by atoms with van der Waals surface area (Å²) in [5, 5.41) is 2.91. The fourth-order valence-electron chi connectivity index (χ4n) is 3.63. The van der Waals surface area contributed by atoms with Gasteiger partial charge in [0.2, 0.25) is 11.8 Å². The number of fused-ring (bicyclic) bond motifs is 1. The number of H-pyrrole nitrogens is 1. The van der Waals surface area contributed by atoms with Crippen LogP contribution in [0, 0.1) is 12.8 Å². The van der Waals surface area contributed by atoms with Crippen LogP contribution in [0.2, 0.25) is 0 Å². The molecule has 1 aliphatic heterocycles. The van der Waals surface area contributed by atoms with Crippen molar-refractivity contribution in [1.82, 2.24) is 14.9 Å². The highest BCUT2D eigenvalue weighted by molar-refractivity contribution is 5.98. The minimum Gasteiger partial charge on any atom is -0.493 e. The lowest BCUT2D eigenvalue weighted by atomic mass is 10.1. The number of imidazole rings is 1. The van der Waals surface area contributed by atoms with E-state index in [0.717, 1.165) is 16.9 Å². The lowest BCUT2D eigenvalue weighted by Gasteiger charge is -2.17. The van der Waals surface area contributed by atoms with Crippen molar-refractivity contribution in [2.24, 2.45) is 5.92 Å². The third kappa shape index (κ3) is 4.22. The number of carbonyl (C=O) groups excluding carboxylic acids is 2. The first-order valence-electron chi connectivity index (χ1n) is 9.84. The first kappa shape index (κ1) is 19.8. The Morgan fingerprint density at radius 3 is 2.87 bits per heavy atom. The van der Waals surface area contributed by atoms with Crippen LogP contribution < -0.4 is 14.8 Å². The van der Waals surface area contributed by atoms with Gasteiger partial charge >= 0.3 is 0 Å². The van der Waals surface area contributed by atoms with Gasteiger partial charge in [0.25, 0.3) is 0 Å². The molecule has 1 fully saturated rings. The van der Waals surface area contributed by atoms with Gasteiger partial charge in [0.15, 0.2) is 11.5 Å². The molecule has 3 aromatic rings. The average molecular weight is 408 g/mol. The second kappa shape index (κ2) is 8.44. The number of benzene rings is 2. The van der Waals surface area contributed by atoms with Crippen LogP contribution in [-0.2, 0) is 9.59 Å². The van der Waals surface area contributed by atoms with E-state index in [1.54, 1.807) is 12.0 Å². The first-order valence-corrected chi connectivity index (χ1v) is 9.84. The van der Waals surface area contributed by atoms with E-state index in [2.05, 4.69) is 15.3 Å². The molecule has 0 aliphatic carbocycles. The van der Waals surface area contributed by atoms with Crippen molar-refractivity contribution >= 4 is 28.5 Å². The Morgan fingerprint density at radius 1 is 1.27 bits per heavy atom. The molecule has 4 rings (SSSR count). The number of aromatic nitrogens is 2. The van der Waals surface area contributed by atoms with E-state index < -0.39 is 0 Å². The average Bonchev–Trinajstić information content (AvgIpc) is 3.29. The minimum atomic E-state index is -0.386. The summed E-state index contributed by atoms with van der Waals surface area (Å²) < 4.78 is 11.0. The number of nitrogens with one attached hydrogen (secondary N) is 2. The molecule has 1 aromatic heterocycles. The van der Waals surface area contributed by atoms with Crippen molar-refractivity contribution in [2.45, 2.75) is 13.3 Å². The molecule has 30 heavy (non-hydrogen) atoms. The molecule has 0 unspecified atom stereocenters. The number of ether oxygens (including phenoxy) is 2. The predicted molar refractivity (Wildman–Crippen MR) is 113 cm³/mol. The fourth-order valence-corrected chi connectivity index (χ4v) is 3.63. The number of hydrogen-bond acceptors (Lipinski definition) is 5. The van der Waals surface area contributed by atoms with Crippen LogP contribution in [0.3, 0.4) is 0 Å². The smallest absolute Gasteiger partial charge is 0.229 e. The van der Waals surface area contributed by atoms with Crippen molar-refractivity contribution in [3.63, 3.8) is 0 Å². The van der Waals surface area contributed by atoms with Gasteiger partial charge in [-0.15, -0.1) is 0 Å². The normalized spacial score (nSPS) is 16.1. The van der Waals surface area contributed by atoms with Gasteiger partial charge in [-0.3, -0.25) is 9.59 Å². The molecular formula is C22H24N4O4. The standard InChI is InChI=1S/C22H24N4O4/c1-14-23-17-8-7-16(12-18(17)24-14)25-22(28)15-11-21(27)26(13-15)9-10-30-20-6-4-3-5-19(20)29-2/h3-8,12,15H,9-11,13H2,1-2H3,(H,23,24)(H,25,28)/t15-/m0/s1. The molecule has 0 radical (unpaired) electrons. The van der Waals surface area contributed by atoms with Crippen molar-refractivity contribution in [1.29, 1.82) is 0 Å². The number of aromatic amines is 1. The summed E-state index contributed by atoms with van der Waals surface area (Å²) in [6.07, 6.45) is 0.200. The molecule has 1 aliphatic rings. The number of carbonyl (C=O) groups is 2. The SMILES string of the molecule is COc1ccccc1OCCN1C[C@@H](C(=O)Nc2ccc3nc(C)[nH]c3c2)CC1=O. The summed E-state index contributed by atoms with van der Waals surface area (Å²) in [6.45, 7) is 3.01. The number of para-hydroxylation sites is 2. The molecular weight excluding hydrogens is 384 g/mol. The second-order valence-electron chi connectivity index (χ2n) is 7.28. The van der Waals surface area contributed by atoms with E-state index in [0.29, 0.717) is 36.9 Å². The number of rotatable bonds is 7. The molecule has 8 heteroatoms. The molecule has 156 valence electrons. The van der Waals surface area contributed by atoms with Crippen molar-refractivity contribution in [3.05, 3.63) is 48.3 Å². The molecule has 0 saturated carbocycles. The quantitative estimate of drug-likeness (QED) is 0.627. The van der Waals surface area contributed by atoms with Crippen molar-refractivity contribution in [2.75, 3.05) is 32.1 Å². The van der Waals surface area contributed by atoms with Gasteiger partial charge in [0.1, 0.15) is 12.4 Å². The van der Waals surface area contributed by atoms with E-state index in [1.807, 2.05) is 49.4 Å². The number of amides is 2. The van der Waals surface area contributed by atoms with E-state index >= 15 is 0 Å². The zero-order valence-electron chi connectivity index (χ0n) is 17.0. The lowest BCUT2D eigenvalue weighted by Crippen LogP contribution is -2.31. The maximum Gasteiger partial charge on any atom is 0.229 e. The zero-order chi connectivity index (χ0) is 21.1. The fraction of sp³-hybridized carbons (Fsp3) is 0.318. The highest BCUT2D eigenvalue weighted by Gasteiger charge is 2.34. The van der Waals surface area contributed by atoms with E-state index in [9.17, 15) is 9.59 Å². The largest absolute Gasteiger partial charge is 0.493 e. The molecule has 1 atom stereocenters. The first-order chi connectivity index (χ1) is 14.5. The molecule has 2 N–H and O–H groups in total. The third-order valence-corrected chi connectivity index (χ3v) is 5.14. The Labute approximate surface area is 174 Å². The summed E-state index contributed by atoms with van der Waals surface area (Å²) in [5.41, 5.74) is 2.40. The molecule has 1 saturated heterocycles. The molecule has 2 aromatic carbocycles. The van der Waals surface area contributed by atoms with Crippen LogP contribution in [0.5, 0.6) is 11.5 Å². The Kier molecular flexibility index (Phi) is 5.56. The van der Waals surface area contributed by atoms with Crippen LogP contribution in [0.25, 0.3) is 11.0 Å². The topological polar surface area (TPSA) is 96.6 Å². The summed E-state index contributed by atoms with van der Waals surface area (Å²) >= 11 is 0. The molecule has 2 amide bonds. The Morgan fingerprint density at radius 2 is 2.07 bits per heavy atom. The van der Waals surface area contributed by atoms with Gasteiger partial charge in [-0.1, -0.05) is 12.1 Å². The lowest BCUT2D eigenvalue weighted by molar-refractivity contribution is -0.128. The number of nitrogens with zero attached hydrogens (tertiary/aromatic N) is 2. The summed E-state index contributed by atoms with van der Waals surface area (Å²) in [4.78, 5) is 34.2. The van der Waals surface area contributed by atoms with E-state index in [-0.39, 0.29) is 24.2 Å². The minimum absolute atomic E-state index is 0.0431. The van der Waals surface area contributed by atoms with Crippen molar-refractivity contribution < 1.29 is 19.1 Å². The number of aryl methyl sites for hydroxylation is 1. The highest BCUT2D eigenvalue weighted by Crippen LogP contribution is 2.26. The van der Waals surface area contributed by atoms with Crippen LogP contribution >= 0.6 is 0 Å². The number of methoxy groups -OCH3 is 1. The monoisotopic (exact) mass is 408 g/mol. The Hall–Kier alpha value is -3.55. The van der Waals surface area contributed by atoms with Gasteiger partial charge in [-0.2, -0.15) is 0 Å². The van der Waals surface area contributed by atoms with E-state index in [4.69, 9.17) is 9.47 Å². The number of hydrogen-bond donors (Lipinski definition) is 2. The van der Waals surface area contributed by atoms with Crippen LogP contribution in [0.4, 0.5) is 5.69 Å². The van der Waals surface area contributed by atoms with Gasteiger partial charge < -0.3 is 24.7 Å². The predicted octanol–water partition coefficient (Wildman–Crippen LogP) is 2.75. The Balaban J connectivity index is 1.31. The van der Waals surface area contributed by atoms with Crippen molar-refractivity contribution in [3.8, 4) is 11.5 Å². The molecule has 0 spiro atoms. The van der Waals surface area contributed by atoms with Gasteiger partial charge in [0.05, 0.1) is 30.6 Å². The number of anilines is 1.